The molecule has 1 aromatic heterocycles. The van der Waals surface area contributed by atoms with E-state index in [1.807, 2.05) is 0 Å². The van der Waals surface area contributed by atoms with Crippen molar-refractivity contribution in [3.63, 3.8) is 0 Å². The van der Waals surface area contributed by atoms with Gasteiger partial charge >= 0.3 is 6.03 Å². The average molecular weight is 463 g/mol. The first-order valence-electron chi connectivity index (χ1n) is 10.3. The molecule has 9 nitrogen and oxygen atoms in total. The maximum absolute atomic E-state index is 13.6. The van der Waals surface area contributed by atoms with Crippen LogP contribution in [-0.4, -0.2) is 50.7 Å². The number of halogens is 2. The minimum absolute atomic E-state index is 0.0758. The van der Waals surface area contributed by atoms with Crippen LogP contribution in [0.25, 0.3) is 11.3 Å². The van der Waals surface area contributed by atoms with Crippen LogP contribution in [0, 0.1) is 5.82 Å². The molecular weight excluding hydrogens is 439 g/mol. The minimum Gasteiger partial charge on any atom is -0.365 e. The number of rotatable bonds is 5. The number of carbonyl (C=O) groups excluding carboxylic acids is 3. The number of primary amides is 1. The normalized spacial score (nSPS) is 15.8. The van der Waals surface area contributed by atoms with Gasteiger partial charge in [0.05, 0.1) is 29.4 Å². The largest absolute Gasteiger partial charge is 0.365 e. The van der Waals surface area contributed by atoms with Gasteiger partial charge < -0.3 is 21.3 Å². The zero-order chi connectivity index (χ0) is 23.2. The second kappa shape index (κ2) is 8.09. The standard InChI is InChI=1S/C21H24ClFN6O3/c1-21(2,19(31)25-12-4-5-12)26-20(32)28-7-8-29-15(10-28)16(18(24)30)17(27-29)11-3-6-14(23)13(22)9-11/h3,6,9,12H,4-5,7-8,10H2,1-2H3,(H2,24,30)(H,25,31)(H,26,32). The number of amides is 4. The summed E-state index contributed by atoms with van der Waals surface area (Å²) in [4.78, 5) is 39.1. The van der Waals surface area contributed by atoms with Gasteiger partial charge in [-0.1, -0.05) is 11.6 Å². The van der Waals surface area contributed by atoms with Crippen LogP contribution in [0.2, 0.25) is 5.02 Å². The van der Waals surface area contributed by atoms with Crippen molar-refractivity contribution >= 4 is 29.4 Å². The maximum Gasteiger partial charge on any atom is 0.318 e. The third-order valence-electron chi connectivity index (χ3n) is 5.61. The van der Waals surface area contributed by atoms with Crippen LogP contribution in [0.4, 0.5) is 9.18 Å². The van der Waals surface area contributed by atoms with Crippen LogP contribution < -0.4 is 16.4 Å². The van der Waals surface area contributed by atoms with E-state index >= 15 is 0 Å². The highest BCUT2D eigenvalue weighted by Gasteiger charge is 2.36. The van der Waals surface area contributed by atoms with E-state index in [4.69, 9.17) is 17.3 Å². The van der Waals surface area contributed by atoms with Crippen molar-refractivity contribution in [3.8, 4) is 11.3 Å². The molecular formula is C21H24ClFN6O3. The van der Waals surface area contributed by atoms with E-state index in [0.717, 1.165) is 12.8 Å². The molecule has 0 atom stereocenters. The first-order chi connectivity index (χ1) is 15.1. The molecule has 11 heteroatoms. The van der Waals surface area contributed by atoms with Crippen molar-refractivity contribution in [2.45, 2.75) is 51.4 Å². The van der Waals surface area contributed by atoms with E-state index in [1.165, 1.54) is 23.1 Å². The zero-order valence-electron chi connectivity index (χ0n) is 17.7. The molecule has 0 saturated heterocycles. The Balaban J connectivity index is 1.57. The fraction of sp³-hybridized carbons (Fsp3) is 0.429. The number of nitrogens with one attached hydrogen (secondary N) is 2. The summed E-state index contributed by atoms with van der Waals surface area (Å²) < 4.78 is 15.2. The lowest BCUT2D eigenvalue weighted by Crippen LogP contribution is -2.58. The summed E-state index contributed by atoms with van der Waals surface area (Å²) in [7, 11) is 0. The smallest absolute Gasteiger partial charge is 0.318 e. The summed E-state index contributed by atoms with van der Waals surface area (Å²) >= 11 is 5.89. The second-order valence-corrected chi connectivity index (χ2v) is 9.02. The van der Waals surface area contributed by atoms with E-state index in [1.54, 1.807) is 18.5 Å². The number of urea groups is 1. The van der Waals surface area contributed by atoms with Gasteiger partial charge in [-0.25, -0.2) is 9.18 Å². The van der Waals surface area contributed by atoms with Crippen LogP contribution in [0.1, 0.15) is 42.7 Å². The van der Waals surface area contributed by atoms with Gasteiger partial charge in [-0.15, -0.1) is 0 Å². The monoisotopic (exact) mass is 462 g/mol. The van der Waals surface area contributed by atoms with Crippen molar-refractivity contribution in [1.29, 1.82) is 0 Å². The summed E-state index contributed by atoms with van der Waals surface area (Å²) in [6, 6.07) is 3.78. The predicted octanol–water partition coefficient (Wildman–Crippen LogP) is 2.02. The minimum atomic E-state index is -1.10. The fourth-order valence-electron chi connectivity index (χ4n) is 3.59. The first-order valence-corrected chi connectivity index (χ1v) is 10.7. The Kier molecular flexibility index (Phi) is 5.58. The number of carbonyl (C=O) groups is 3. The number of hydrogen-bond acceptors (Lipinski definition) is 4. The Bertz CT molecular complexity index is 1110. The van der Waals surface area contributed by atoms with Crippen LogP contribution in [0.3, 0.4) is 0 Å². The molecule has 2 aliphatic rings. The van der Waals surface area contributed by atoms with Crippen LogP contribution in [0.15, 0.2) is 18.2 Å². The van der Waals surface area contributed by atoms with Crippen LogP contribution in [-0.2, 0) is 17.9 Å². The molecule has 4 rings (SSSR count). The first kappa shape index (κ1) is 22.1. The van der Waals surface area contributed by atoms with Gasteiger partial charge in [0.15, 0.2) is 0 Å². The molecule has 0 bridgehead atoms. The van der Waals surface area contributed by atoms with Crippen molar-refractivity contribution in [2.24, 2.45) is 5.73 Å². The number of aromatic nitrogens is 2. The van der Waals surface area contributed by atoms with E-state index in [9.17, 15) is 18.8 Å². The molecule has 2 heterocycles. The van der Waals surface area contributed by atoms with Gasteiger partial charge in [-0.2, -0.15) is 5.10 Å². The van der Waals surface area contributed by atoms with Crippen LogP contribution >= 0.6 is 11.6 Å². The van der Waals surface area contributed by atoms with Gasteiger partial charge in [0.2, 0.25) is 5.91 Å². The Hall–Kier alpha value is -3.14. The zero-order valence-corrected chi connectivity index (χ0v) is 18.5. The summed E-state index contributed by atoms with van der Waals surface area (Å²) in [6.07, 6.45) is 1.90. The maximum atomic E-state index is 13.6. The van der Waals surface area contributed by atoms with Crippen LogP contribution in [0.5, 0.6) is 0 Å². The Labute approximate surface area is 189 Å². The third kappa shape index (κ3) is 4.27. The molecule has 0 unspecified atom stereocenters. The average Bonchev–Trinajstić information content (AvgIpc) is 3.45. The lowest BCUT2D eigenvalue weighted by atomic mass is 10.0. The van der Waals surface area contributed by atoms with E-state index in [-0.39, 0.29) is 34.8 Å². The van der Waals surface area contributed by atoms with Gasteiger partial charge in [-0.05, 0) is 44.9 Å². The van der Waals surface area contributed by atoms with Crippen molar-refractivity contribution in [1.82, 2.24) is 25.3 Å². The highest BCUT2D eigenvalue weighted by atomic mass is 35.5. The number of fused-ring (bicyclic) bond motifs is 1. The van der Waals surface area contributed by atoms with Gasteiger partial charge in [0.1, 0.15) is 17.1 Å². The van der Waals surface area contributed by atoms with Gasteiger partial charge in [-0.3, -0.25) is 14.3 Å². The van der Waals surface area contributed by atoms with E-state index < -0.39 is 23.3 Å². The summed E-state index contributed by atoms with van der Waals surface area (Å²) in [5.41, 5.74) is 5.88. The van der Waals surface area contributed by atoms with Gasteiger partial charge in [0.25, 0.3) is 5.91 Å². The summed E-state index contributed by atoms with van der Waals surface area (Å²) in [5.74, 6) is -1.55. The fourth-order valence-corrected chi connectivity index (χ4v) is 3.77. The molecule has 1 aliphatic heterocycles. The topological polar surface area (TPSA) is 122 Å². The molecule has 32 heavy (non-hydrogen) atoms. The van der Waals surface area contributed by atoms with Crippen molar-refractivity contribution in [3.05, 3.63) is 40.3 Å². The number of hydrogen-bond donors (Lipinski definition) is 3. The molecule has 1 fully saturated rings. The summed E-state index contributed by atoms with van der Waals surface area (Å²) in [6.45, 7) is 4.01. The quantitative estimate of drug-likeness (QED) is 0.629. The molecule has 4 amide bonds. The molecule has 1 aromatic carbocycles. The van der Waals surface area contributed by atoms with Crippen molar-refractivity contribution < 1.29 is 18.8 Å². The molecule has 1 aliphatic carbocycles. The molecule has 170 valence electrons. The number of nitrogens with two attached hydrogens (primary N) is 1. The molecule has 2 aromatic rings. The third-order valence-corrected chi connectivity index (χ3v) is 5.90. The molecule has 0 radical (unpaired) electrons. The lowest BCUT2D eigenvalue weighted by molar-refractivity contribution is -0.126. The molecule has 4 N–H and O–H groups in total. The Morgan fingerprint density at radius 1 is 1.25 bits per heavy atom. The van der Waals surface area contributed by atoms with E-state index in [2.05, 4.69) is 15.7 Å². The highest BCUT2D eigenvalue weighted by molar-refractivity contribution is 6.31. The highest BCUT2D eigenvalue weighted by Crippen LogP contribution is 2.30. The molecule has 1 saturated carbocycles. The lowest BCUT2D eigenvalue weighted by Gasteiger charge is -2.32. The SMILES string of the molecule is CC(C)(NC(=O)N1CCn2nc(-c3ccc(F)c(Cl)c3)c(C(N)=O)c2C1)C(=O)NC1CC1. The van der Waals surface area contributed by atoms with Gasteiger partial charge in [0, 0.05) is 18.2 Å². The Morgan fingerprint density at radius 3 is 2.59 bits per heavy atom. The Morgan fingerprint density at radius 2 is 1.97 bits per heavy atom. The summed E-state index contributed by atoms with van der Waals surface area (Å²) in [5, 5.41) is 10.0. The number of nitrogens with zero attached hydrogens (tertiary/aromatic N) is 3. The predicted molar refractivity (Wildman–Crippen MR) is 115 cm³/mol. The number of benzene rings is 1. The molecule has 0 spiro atoms. The van der Waals surface area contributed by atoms with E-state index in [0.29, 0.717) is 24.3 Å². The second-order valence-electron chi connectivity index (χ2n) is 8.61. The van der Waals surface area contributed by atoms with Crippen molar-refractivity contribution in [2.75, 3.05) is 6.54 Å².